The van der Waals surface area contributed by atoms with E-state index in [2.05, 4.69) is 44.4 Å². The van der Waals surface area contributed by atoms with Gasteiger partial charge < -0.3 is 30.9 Å². The van der Waals surface area contributed by atoms with E-state index in [1.807, 2.05) is 4.90 Å². The maximum Gasteiger partial charge on any atom is 0.247 e. The molecule has 10 heteroatoms. The summed E-state index contributed by atoms with van der Waals surface area (Å²) in [6.07, 6.45) is 2.42. The Morgan fingerprint density at radius 2 is 1.82 bits per heavy atom. The molecule has 0 radical (unpaired) electrons. The summed E-state index contributed by atoms with van der Waals surface area (Å²) < 4.78 is 14.8. The number of nitrogens with one attached hydrogen (secondary N) is 3. The number of carbonyl (C=O) groups is 1. The SMILES string of the molecule is C=CC(=O)Nc1cccc(Nc2nc(Nc3ccc(N4CCN(C)CC4)c(F)c3)ncc2O)c1. The molecule has 1 aliphatic heterocycles. The average molecular weight is 464 g/mol. The molecular formula is C24H26FN7O2. The highest BCUT2D eigenvalue weighted by atomic mass is 19.1. The summed E-state index contributed by atoms with van der Waals surface area (Å²) >= 11 is 0. The Bertz CT molecular complexity index is 1200. The predicted octanol–water partition coefficient (Wildman–Crippen LogP) is 3.68. The van der Waals surface area contributed by atoms with Gasteiger partial charge in [0.1, 0.15) is 5.82 Å². The number of nitrogens with zero attached hydrogens (tertiary/aromatic N) is 4. The van der Waals surface area contributed by atoms with Crippen LogP contribution in [0.15, 0.2) is 61.3 Å². The molecule has 1 amide bonds. The lowest BCUT2D eigenvalue weighted by Crippen LogP contribution is -2.44. The number of piperazine rings is 1. The lowest BCUT2D eigenvalue weighted by molar-refractivity contribution is -0.111. The number of benzene rings is 2. The van der Waals surface area contributed by atoms with Crippen molar-refractivity contribution in [2.24, 2.45) is 0 Å². The molecule has 4 N–H and O–H groups in total. The molecule has 2 aromatic carbocycles. The summed E-state index contributed by atoms with van der Waals surface area (Å²) in [6, 6.07) is 11.8. The number of anilines is 6. The van der Waals surface area contributed by atoms with Crippen LogP contribution in [0.1, 0.15) is 0 Å². The third-order valence-corrected chi connectivity index (χ3v) is 5.40. The van der Waals surface area contributed by atoms with Crippen LogP contribution in [0, 0.1) is 5.82 Å². The Morgan fingerprint density at radius 1 is 1.09 bits per heavy atom. The third-order valence-electron chi connectivity index (χ3n) is 5.40. The summed E-state index contributed by atoms with van der Waals surface area (Å²) in [5.41, 5.74) is 2.19. The number of hydrogen-bond donors (Lipinski definition) is 4. The second-order valence-electron chi connectivity index (χ2n) is 7.91. The predicted molar refractivity (Wildman–Crippen MR) is 132 cm³/mol. The van der Waals surface area contributed by atoms with E-state index in [0.717, 1.165) is 26.2 Å². The van der Waals surface area contributed by atoms with E-state index in [-0.39, 0.29) is 29.2 Å². The van der Waals surface area contributed by atoms with Crippen LogP contribution in [0.5, 0.6) is 5.75 Å². The van der Waals surface area contributed by atoms with Crippen molar-refractivity contribution >= 4 is 40.4 Å². The van der Waals surface area contributed by atoms with Crippen molar-refractivity contribution in [1.82, 2.24) is 14.9 Å². The molecule has 9 nitrogen and oxygen atoms in total. The van der Waals surface area contributed by atoms with Crippen molar-refractivity contribution in [3.05, 3.63) is 67.1 Å². The lowest BCUT2D eigenvalue weighted by Gasteiger charge is -2.34. The van der Waals surface area contributed by atoms with E-state index >= 15 is 0 Å². The number of rotatable bonds is 7. The van der Waals surface area contributed by atoms with Gasteiger partial charge in [0.2, 0.25) is 11.9 Å². The van der Waals surface area contributed by atoms with Crippen LogP contribution in [0.2, 0.25) is 0 Å². The van der Waals surface area contributed by atoms with Crippen molar-refractivity contribution in [1.29, 1.82) is 0 Å². The number of likely N-dealkylation sites (N-methyl/N-ethyl adjacent to an activating group) is 1. The molecule has 1 fully saturated rings. The Labute approximate surface area is 196 Å². The van der Waals surface area contributed by atoms with E-state index < -0.39 is 0 Å². The first-order chi connectivity index (χ1) is 16.4. The van der Waals surface area contributed by atoms with Gasteiger partial charge in [0.15, 0.2) is 11.6 Å². The van der Waals surface area contributed by atoms with Crippen LogP contribution in [-0.2, 0) is 4.79 Å². The number of aromatic hydroxyl groups is 1. The summed E-state index contributed by atoms with van der Waals surface area (Å²) in [7, 11) is 2.05. The Morgan fingerprint density at radius 3 is 2.56 bits per heavy atom. The molecule has 0 spiro atoms. The number of halogens is 1. The fraction of sp³-hybridized carbons (Fsp3) is 0.208. The highest BCUT2D eigenvalue weighted by molar-refractivity contribution is 5.99. The van der Waals surface area contributed by atoms with E-state index in [4.69, 9.17) is 0 Å². The molecule has 0 bridgehead atoms. The molecule has 34 heavy (non-hydrogen) atoms. The number of carbonyl (C=O) groups excluding carboxylic acids is 1. The van der Waals surface area contributed by atoms with Crippen LogP contribution in [0.25, 0.3) is 0 Å². The van der Waals surface area contributed by atoms with Crippen LogP contribution < -0.4 is 20.9 Å². The van der Waals surface area contributed by atoms with Gasteiger partial charge in [0.25, 0.3) is 0 Å². The zero-order valence-electron chi connectivity index (χ0n) is 18.8. The highest BCUT2D eigenvalue weighted by Gasteiger charge is 2.18. The maximum atomic E-state index is 14.8. The third kappa shape index (κ3) is 5.59. The number of amides is 1. The van der Waals surface area contributed by atoms with Gasteiger partial charge in [-0.15, -0.1) is 0 Å². The van der Waals surface area contributed by atoms with Gasteiger partial charge in [-0.2, -0.15) is 4.98 Å². The largest absolute Gasteiger partial charge is 0.503 e. The second-order valence-corrected chi connectivity index (χ2v) is 7.91. The fourth-order valence-corrected chi connectivity index (χ4v) is 3.55. The van der Waals surface area contributed by atoms with Crippen LogP contribution in [0.4, 0.5) is 38.9 Å². The molecule has 0 saturated carbocycles. The van der Waals surface area contributed by atoms with E-state index in [1.54, 1.807) is 36.4 Å². The van der Waals surface area contributed by atoms with Crippen LogP contribution in [0.3, 0.4) is 0 Å². The molecule has 1 saturated heterocycles. The molecule has 1 aromatic heterocycles. The van der Waals surface area contributed by atoms with Gasteiger partial charge >= 0.3 is 0 Å². The first kappa shape index (κ1) is 23.0. The van der Waals surface area contributed by atoms with Gasteiger partial charge in [-0.3, -0.25) is 4.79 Å². The quantitative estimate of drug-likeness (QED) is 0.393. The van der Waals surface area contributed by atoms with Gasteiger partial charge in [-0.1, -0.05) is 12.6 Å². The molecule has 3 aromatic rings. The zero-order valence-corrected chi connectivity index (χ0v) is 18.8. The van der Waals surface area contributed by atoms with Gasteiger partial charge in [0.05, 0.1) is 11.9 Å². The Hall–Kier alpha value is -4.18. The van der Waals surface area contributed by atoms with Crippen LogP contribution >= 0.6 is 0 Å². The second kappa shape index (κ2) is 10.2. The van der Waals surface area contributed by atoms with Gasteiger partial charge in [-0.05, 0) is 49.5 Å². The molecule has 0 aliphatic carbocycles. The highest BCUT2D eigenvalue weighted by Crippen LogP contribution is 2.28. The summed E-state index contributed by atoms with van der Waals surface area (Å²) in [5, 5.41) is 18.8. The minimum atomic E-state index is -0.334. The zero-order chi connectivity index (χ0) is 24.1. The molecule has 1 aliphatic rings. The van der Waals surface area contributed by atoms with E-state index in [0.29, 0.717) is 22.7 Å². The minimum absolute atomic E-state index is 0.152. The summed E-state index contributed by atoms with van der Waals surface area (Å²) in [6.45, 7) is 6.75. The minimum Gasteiger partial charge on any atom is -0.503 e. The topological polar surface area (TPSA) is 106 Å². The first-order valence-corrected chi connectivity index (χ1v) is 10.8. The molecule has 0 atom stereocenters. The monoisotopic (exact) mass is 463 g/mol. The first-order valence-electron chi connectivity index (χ1n) is 10.8. The van der Waals surface area contributed by atoms with Crippen molar-refractivity contribution in [3.63, 3.8) is 0 Å². The molecule has 0 unspecified atom stereocenters. The smallest absolute Gasteiger partial charge is 0.247 e. The van der Waals surface area contributed by atoms with Gasteiger partial charge in [0, 0.05) is 43.2 Å². The van der Waals surface area contributed by atoms with Crippen molar-refractivity contribution in [2.75, 3.05) is 54.1 Å². The number of aromatic nitrogens is 2. The maximum absolute atomic E-state index is 14.8. The van der Waals surface area contributed by atoms with E-state index in [9.17, 15) is 14.3 Å². The fourth-order valence-electron chi connectivity index (χ4n) is 3.55. The average Bonchev–Trinajstić information content (AvgIpc) is 2.82. The van der Waals surface area contributed by atoms with Crippen molar-refractivity contribution in [3.8, 4) is 5.75 Å². The summed E-state index contributed by atoms with van der Waals surface area (Å²) in [4.78, 5) is 24.1. The lowest BCUT2D eigenvalue weighted by atomic mass is 10.2. The van der Waals surface area contributed by atoms with E-state index in [1.165, 1.54) is 18.3 Å². The molecular weight excluding hydrogens is 437 g/mol. The number of hydrogen-bond acceptors (Lipinski definition) is 8. The normalized spacial score (nSPS) is 13.9. The Kier molecular flexibility index (Phi) is 6.88. The van der Waals surface area contributed by atoms with Crippen molar-refractivity contribution in [2.45, 2.75) is 0 Å². The Balaban J connectivity index is 1.47. The molecule has 4 rings (SSSR count). The van der Waals surface area contributed by atoms with Crippen LogP contribution in [-0.4, -0.2) is 59.1 Å². The standard InChI is InChI=1S/C24H26FN7O2/c1-3-22(34)27-16-5-4-6-17(13-16)28-23-21(33)15-26-24(30-23)29-18-7-8-20(19(25)14-18)32-11-9-31(2)10-12-32/h3-8,13-15,33H,1,9-12H2,2H3,(H,27,34)(H2,26,28,29,30). The molecule has 2 heterocycles. The molecule has 176 valence electrons. The van der Waals surface area contributed by atoms with Gasteiger partial charge in [-0.25, -0.2) is 9.37 Å². The summed E-state index contributed by atoms with van der Waals surface area (Å²) in [5.74, 6) is -0.491. The van der Waals surface area contributed by atoms with Crippen molar-refractivity contribution < 1.29 is 14.3 Å².